The summed E-state index contributed by atoms with van der Waals surface area (Å²) >= 11 is 0. The van der Waals surface area contributed by atoms with Crippen molar-refractivity contribution in [3.8, 4) is 0 Å². The molecule has 0 heteroatoms. The molecule has 17 aromatic rings. The molecular weight excluding hydrogens is 745 g/mol. The molecule has 0 aliphatic heterocycles. The van der Waals surface area contributed by atoms with E-state index in [4.69, 9.17) is 0 Å². The Hall–Kier alpha value is -7.54. The van der Waals surface area contributed by atoms with E-state index in [9.17, 15) is 0 Å². The van der Waals surface area contributed by atoms with Gasteiger partial charge in [-0.25, -0.2) is 0 Å². The Kier molecular flexibility index (Phi) is 4.96. The van der Waals surface area contributed by atoms with Crippen LogP contribution in [0.1, 0.15) is 22.3 Å². The number of aryl methyl sites for hydroxylation is 4. The molecule has 0 unspecified atom stereocenters. The zero-order valence-corrected chi connectivity index (χ0v) is 34.7. The van der Waals surface area contributed by atoms with Gasteiger partial charge in [0.25, 0.3) is 0 Å². The predicted molar refractivity (Wildman–Crippen MR) is 273 cm³/mol. The quantitative estimate of drug-likeness (QED) is 0.144. The van der Waals surface area contributed by atoms with Crippen molar-refractivity contribution in [2.75, 3.05) is 0 Å². The van der Waals surface area contributed by atoms with Crippen LogP contribution in [0.15, 0.2) is 133 Å². The van der Waals surface area contributed by atoms with Gasteiger partial charge in [0.1, 0.15) is 0 Å². The van der Waals surface area contributed by atoms with Crippen molar-refractivity contribution in [3.05, 3.63) is 156 Å². The topological polar surface area (TPSA) is 0 Å². The molecule has 0 aromatic heterocycles. The van der Waals surface area contributed by atoms with E-state index < -0.39 is 0 Å². The lowest BCUT2D eigenvalue weighted by molar-refractivity contribution is 1.48. The third-order valence-electron chi connectivity index (χ3n) is 16.4. The van der Waals surface area contributed by atoms with Crippen molar-refractivity contribution in [2.45, 2.75) is 27.7 Å². The van der Waals surface area contributed by atoms with Gasteiger partial charge in [-0.1, -0.05) is 97.1 Å². The van der Waals surface area contributed by atoms with E-state index in [1.165, 1.54) is 195 Å². The van der Waals surface area contributed by atoms with Gasteiger partial charge in [0.05, 0.1) is 0 Å². The number of rotatable bonds is 0. The maximum Gasteiger partial charge on any atom is -0.00139 e. The molecular formula is C62H34. The maximum atomic E-state index is 2.54. The van der Waals surface area contributed by atoms with E-state index >= 15 is 0 Å². The van der Waals surface area contributed by atoms with Gasteiger partial charge < -0.3 is 0 Å². The van der Waals surface area contributed by atoms with Crippen molar-refractivity contribution in [2.24, 2.45) is 0 Å². The van der Waals surface area contributed by atoms with Crippen molar-refractivity contribution in [3.63, 3.8) is 0 Å². The van der Waals surface area contributed by atoms with Gasteiger partial charge in [-0.3, -0.25) is 0 Å². The molecule has 0 fully saturated rings. The molecule has 0 bridgehead atoms. The van der Waals surface area contributed by atoms with Crippen LogP contribution in [-0.4, -0.2) is 0 Å². The highest BCUT2D eigenvalue weighted by Crippen LogP contribution is 2.53. The molecule has 0 saturated carbocycles. The lowest BCUT2D eigenvalue weighted by Gasteiger charge is -2.06. The van der Waals surface area contributed by atoms with Crippen LogP contribution >= 0.6 is 0 Å². The lowest BCUT2D eigenvalue weighted by atomic mass is 9.98. The first-order chi connectivity index (χ1) is 30.4. The number of hydrogen-bond donors (Lipinski definition) is 0. The number of fused-ring (bicyclic) bond motifs is 18. The minimum absolute atomic E-state index is 1.36. The largest absolute Gasteiger partial charge is 0.0581 e. The molecule has 0 nitrogen and oxygen atoms in total. The summed E-state index contributed by atoms with van der Waals surface area (Å²) < 4.78 is 0. The highest BCUT2D eigenvalue weighted by molar-refractivity contribution is 6.47. The standard InChI is InChI=1S/C62H34/c1-27-5-9-31-43-21-47-35-13-17-39-51-25-53-41-19-15-37-49-23-45-33-11-7-29(3)56-30(4)8-12-34(58(33)56)46(45)24-50(49)38-16-20-42(62(41)60(37)38)54(53)26-52(51)40-18-14-36(59(35)61(39)40)48(47)22-44(43)32-10-6-28(2)55(27)57(31)32/h5-26H,1-4H3. The first-order valence-corrected chi connectivity index (χ1v) is 22.2. The average Bonchev–Trinajstić information content (AvgIpc) is 4.10. The average molecular weight is 779 g/mol. The smallest absolute Gasteiger partial charge is 0.00139 e. The Balaban J connectivity index is 0.936. The normalized spacial score (nSPS) is 13.5. The van der Waals surface area contributed by atoms with Crippen LogP contribution in [0.3, 0.4) is 0 Å². The van der Waals surface area contributed by atoms with Crippen LogP contribution in [0.2, 0.25) is 0 Å². The van der Waals surface area contributed by atoms with Crippen LogP contribution < -0.4 is 0 Å². The van der Waals surface area contributed by atoms with Gasteiger partial charge in [0.15, 0.2) is 0 Å². The summed E-state index contributed by atoms with van der Waals surface area (Å²) in [5.41, 5.74) is 5.44. The molecule has 0 aliphatic rings. The Morgan fingerprint density at radius 1 is 0.145 bits per heavy atom. The van der Waals surface area contributed by atoms with Crippen molar-refractivity contribution >= 4 is 172 Å². The van der Waals surface area contributed by atoms with E-state index in [1.54, 1.807) is 0 Å². The molecule has 17 rings (SSSR count). The number of benzene rings is 11. The van der Waals surface area contributed by atoms with E-state index in [0.29, 0.717) is 0 Å². The fraction of sp³-hybridized carbons (Fsp3) is 0.0645. The lowest BCUT2D eigenvalue weighted by Crippen LogP contribution is -1.82. The summed E-state index contributed by atoms with van der Waals surface area (Å²) in [6.45, 7) is 9.03. The van der Waals surface area contributed by atoms with Crippen LogP contribution in [0.25, 0.3) is 172 Å². The third kappa shape index (κ3) is 3.20. The van der Waals surface area contributed by atoms with Crippen LogP contribution in [-0.2, 0) is 0 Å². The Morgan fingerprint density at radius 2 is 0.274 bits per heavy atom. The van der Waals surface area contributed by atoms with E-state index in [0.717, 1.165) is 0 Å². The Bertz CT molecular complexity index is 4320. The van der Waals surface area contributed by atoms with E-state index in [1.807, 2.05) is 0 Å². The second kappa shape index (κ2) is 9.81. The zero-order chi connectivity index (χ0) is 40.3. The predicted octanol–water partition coefficient (Wildman–Crippen LogP) is 18.0. The Morgan fingerprint density at radius 3 is 0.435 bits per heavy atom. The molecule has 62 heavy (non-hydrogen) atoms. The summed E-state index contributed by atoms with van der Waals surface area (Å²) in [4.78, 5) is 0. The second-order valence-corrected chi connectivity index (χ2v) is 19.2. The molecule has 0 radical (unpaired) electrons. The van der Waals surface area contributed by atoms with Gasteiger partial charge in [0.2, 0.25) is 0 Å². The zero-order valence-electron chi connectivity index (χ0n) is 34.7. The minimum atomic E-state index is 1.36. The van der Waals surface area contributed by atoms with Crippen molar-refractivity contribution in [1.82, 2.24) is 0 Å². The van der Waals surface area contributed by atoms with Gasteiger partial charge in [-0.05, 0) is 259 Å². The third-order valence-corrected chi connectivity index (χ3v) is 16.4. The summed E-state index contributed by atoms with van der Waals surface area (Å²) in [7, 11) is 0. The first-order valence-electron chi connectivity index (χ1n) is 22.2. The maximum absolute atomic E-state index is 2.54. The SMILES string of the molecule is Cc1ccc2c3cc4c(cc3c3ccc(C)c1c23)c1ccc2c3cc5c(cc3c3ccc4c1c32)c1ccc2c3cc4c(cc3c3ccc5c1c23)c1ccc(C)c2c(C)ccc4c21. The van der Waals surface area contributed by atoms with E-state index in [2.05, 4.69) is 161 Å². The van der Waals surface area contributed by atoms with Crippen molar-refractivity contribution in [1.29, 1.82) is 0 Å². The summed E-state index contributed by atoms with van der Waals surface area (Å²) in [5, 5.41) is 44.3. The molecule has 0 atom stereocenters. The summed E-state index contributed by atoms with van der Waals surface area (Å²) in [6, 6.07) is 53.2. The highest BCUT2D eigenvalue weighted by atomic mass is 14.3. The molecule has 282 valence electrons. The fourth-order valence-electron chi connectivity index (χ4n) is 13.9. The highest BCUT2D eigenvalue weighted by Gasteiger charge is 2.25. The van der Waals surface area contributed by atoms with Crippen LogP contribution in [0, 0.1) is 27.7 Å². The van der Waals surface area contributed by atoms with Crippen LogP contribution in [0.4, 0.5) is 0 Å². The minimum Gasteiger partial charge on any atom is -0.0581 e. The summed E-state index contributed by atoms with van der Waals surface area (Å²) in [6.07, 6.45) is 0. The van der Waals surface area contributed by atoms with Gasteiger partial charge in [-0.2, -0.15) is 0 Å². The van der Waals surface area contributed by atoms with Crippen molar-refractivity contribution < 1.29 is 0 Å². The molecule has 0 spiro atoms. The fourth-order valence-corrected chi connectivity index (χ4v) is 13.9. The van der Waals surface area contributed by atoms with E-state index in [-0.39, 0.29) is 0 Å². The van der Waals surface area contributed by atoms with Gasteiger partial charge >= 0.3 is 0 Å². The monoisotopic (exact) mass is 778 g/mol. The molecule has 17 aromatic carbocycles. The molecule has 0 heterocycles. The molecule has 0 saturated heterocycles. The first kappa shape index (κ1) is 31.4. The van der Waals surface area contributed by atoms with Gasteiger partial charge in [-0.15, -0.1) is 0 Å². The summed E-state index contributed by atoms with van der Waals surface area (Å²) in [5.74, 6) is 0. The molecule has 0 amide bonds. The number of hydrogen-bond acceptors (Lipinski definition) is 0. The second-order valence-electron chi connectivity index (χ2n) is 19.2. The molecule has 0 aliphatic carbocycles. The van der Waals surface area contributed by atoms with Crippen LogP contribution in [0.5, 0.6) is 0 Å². The Labute approximate surface area is 354 Å². The molecule has 0 N–H and O–H groups in total. The van der Waals surface area contributed by atoms with Gasteiger partial charge in [0, 0.05) is 0 Å².